The molecule has 1 fully saturated rings. The summed E-state index contributed by atoms with van der Waals surface area (Å²) < 4.78 is 1.89. The highest BCUT2D eigenvalue weighted by molar-refractivity contribution is 5.53. The average Bonchev–Trinajstić information content (AvgIpc) is 2.44. The Balaban J connectivity index is 2.17. The average molecular weight is 223 g/mol. The Morgan fingerprint density at radius 2 is 2.06 bits per heavy atom. The van der Waals surface area contributed by atoms with E-state index < -0.39 is 0 Å². The van der Waals surface area contributed by atoms with Gasteiger partial charge in [-0.3, -0.25) is 4.68 Å². The molecule has 0 spiro atoms. The second-order valence-electron chi connectivity index (χ2n) is 5.44. The van der Waals surface area contributed by atoms with Gasteiger partial charge in [-0.25, -0.2) is 0 Å². The Morgan fingerprint density at radius 3 is 2.44 bits per heavy atom. The number of aliphatic hydroxyl groups is 1. The second-order valence-corrected chi connectivity index (χ2v) is 5.44. The smallest absolute Gasteiger partial charge is 0.0827 e. The van der Waals surface area contributed by atoms with Gasteiger partial charge in [-0.2, -0.15) is 5.10 Å². The van der Waals surface area contributed by atoms with E-state index in [1.54, 1.807) is 0 Å². The van der Waals surface area contributed by atoms with Gasteiger partial charge in [-0.15, -0.1) is 0 Å². The van der Waals surface area contributed by atoms with Crippen molar-refractivity contribution >= 4 is 5.69 Å². The maximum Gasteiger partial charge on any atom is 0.0827 e. The highest BCUT2D eigenvalue weighted by Gasteiger charge is 2.47. The van der Waals surface area contributed by atoms with Crippen LogP contribution in [0.5, 0.6) is 0 Å². The molecule has 1 aromatic heterocycles. The molecule has 0 saturated heterocycles. The lowest BCUT2D eigenvalue weighted by atomic mass is 9.64. The highest BCUT2D eigenvalue weighted by atomic mass is 16.3. The molecule has 2 unspecified atom stereocenters. The first-order chi connectivity index (χ1) is 7.34. The van der Waals surface area contributed by atoms with E-state index in [4.69, 9.17) is 0 Å². The third-order valence-electron chi connectivity index (χ3n) is 4.04. The van der Waals surface area contributed by atoms with Gasteiger partial charge >= 0.3 is 0 Å². The third kappa shape index (κ3) is 1.52. The van der Waals surface area contributed by atoms with Gasteiger partial charge in [0, 0.05) is 18.5 Å². The van der Waals surface area contributed by atoms with E-state index in [2.05, 4.69) is 31.2 Å². The van der Waals surface area contributed by atoms with Crippen LogP contribution in [0.2, 0.25) is 0 Å². The quantitative estimate of drug-likeness (QED) is 0.801. The molecule has 0 aromatic carbocycles. The minimum atomic E-state index is -0.192. The summed E-state index contributed by atoms with van der Waals surface area (Å²) in [5.74, 6) is 0. The number of hydrogen-bond donors (Lipinski definition) is 2. The van der Waals surface area contributed by atoms with Crippen LogP contribution in [0.25, 0.3) is 0 Å². The van der Waals surface area contributed by atoms with Crippen molar-refractivity contribution in [2.24, 2.45) is 12.5 Å². The van der Waals surface area contributed by atoms with E-state index in [1.807, 2.05) is 18.7 Å². The van der Waals surface area contributed by atoms with E-state index in [0.29, 0.717) is 6.04 Å². The van der Waals surface area contributed by atoms with Crippen LogP contribution in [-0.4, -0.2) is 27.0 Å². The van der Waals surface area contributed by atoms with Crippen molar-refractivity contribution in [2.45, 2.75) is 46.3 Å². The minimum absolute atomic E-state index is 0.0469. The number of anilines is 1. The van der Waals surface area contributed by atoms with Gasteiger partial charge in [0.15, 0.2) is 0 Å². The van der Waals surface area contributed by atoms with Crippen LogP contribution in [-0.2, 0) is 7.05 Å². The molecule has 1 aliphatic carbocycles. The molecule has 0 radical (unpaired) electrons. The molecule has 90 valence electrons. The number of rotatable bonds is 2. The Hall–Kier alpha value is -1.03. The van der Waals surface area contributed by atoms with Gasteiger partial charge in [-0.05, 0) is 20.3 Å². The first kappa shape index (κ1) is 11.5. The molecule has 4 heteroatoms. The monoisotopic (exact) mass is 223 g/mol. The van der Waals surface area contributed by atoms with Gasteiger partial charge in [0.05, 0.1) is 23.2 Å². The minimum Gasteiger partial charge on any atom is -0.392 e. The molecule has 16 heavy (non-hydrogen) atoms. The third-order valence-corrected chi connectivity index (χ3v) is 4.04. The Morgan fingerprint density at radius 1 is 1.44 bits per heavy atom. The van der Waals surface area contributed by atoms with Gasteiger partial charge < -0.3 is 10.4 Å². The molecular weight excluding hydrogens is 202 g/mol. The molecule has 2 atom stereocenters. The largest absolute Gasteiger partial charge is 0.392 e. The van der Waals surface area contributed by atoms with E-state index >= 15 is 0 Å². The summed E-state index contributed by atoms with van der Waals surface area (Å²) in [6.07, 6.45) is 0.628. The van der Waals surface area contributed by atoms with Gasteiger partial charge in [0.25, 0.3) is 0 Å². The molecule has 1 saturated carbocycles. The molecular formula is C12H21N3O. The van der Waals surface area contributed by atoms with Gasteiger partial charge in [-0.1, -0.05) is 13.8 Å². The van der Waals surface area contributed by atoms with Gasteiger partial charge in [0.1, 0.15) is 0 Å². The molecule has 2 N–H and O–H groups in total. The zero-order chi connectivity index (χ0) is 12.1. The summed E-state index contributed by atoms with van der Waals surface area (Å²) >= 11 is 0. The lowest BCUT2D eigenvalue weighted by Crippen LogP contribution is -2.57. The second kappa shape index (κ2) is 3.48. The Bertz CT molecular complexity index is 409. The summed E-state index contributed by atoms with van der Waals surface area (Å²) in [6.45, 7) is 8.27. The standard InChI is InChI=1S/C12H21N3O/c1-7-11(8(2)15(5)14-7)13-9-6-10(16)12(9,3)4/h9-10,13,16H,6H2,1-5H3. The number of aliphatic hydroxyl groups excluding tert-OH is 1. The summed E-state index contributed by atoms with van der Waals surface area (Å²) in [6, 6.07) is 0.337. The van der Waals surface area contributed by atoms with E-state index in [1.165, 1.54) is 0 Å². The zero-order valence-corrected chi connectivity index (χ0v) is 10.7. The van der Waals surface area contributed by atoms with Crippen molar-refractivity contribution < 1.29 is 5.11 Å². The molecule has 0 amide bonds. The van der Waals surface area contributed by atoms with Gasteiger partial charge in [0.2, 0.25) is 0 Å². The molecule has 0 aliphatic heterocycles. The van der Waals surface area contributed by atoms with Crippen LogP contribution in [0, 0.1) is 19.3 Å². The van der Waals surface area contributed by atoms with Crippen LogP contribution in [0.15, 0.2) is 0 Å². The van der Waals surface area contributed by atoms with Crippen LogP contribution in [0.1, 0.15) is 31.7 Å². The van der Waals surface area contributed by atoms with Crippen LogP contribution < -0.4 is 5.32 Å². The predicted octanol–water partition coefficient (Wildman–Crippen LogP) is 1.61. The molecule has 1 heterocycles. The predicted molar refractivity (Wildman–Crippen MR) is 64.5 cm³/mol. The van der Waals surface area contributed by atoms with Crippen LogP contribution in [0.3, 0.4) is 0 Å². The lowest BCUT2D eigenvalue weighted by molar-refractivity contribution is -0.0510. The van der Waals surface area contributed by atoms with Crippen LogP contribution in [0.4, 0.5) is 5.69 Å². The van der Waals surface area contributed by atoms with Crippen molar-refractivity contribution in [3.8, 4) is 0 Å². The summed E-state index contributed by atoms with van der Waals surface area (Å²) in [4.78, 5) is 0. The van der Waals surface area contributed by atoms with Crippen molar-refractivity contribution in [3.05, 3.63) is 11.4 Å². The fourth-order valence-corrected chi connectivity index (χ4v) is 2.30. The van der Waals surface area contributed by atoms with E-state index in [-0.39, 0.29) is 11.5 Å². The van der Waals surface area contributed by atoms with Crippen molar-refractivity contribution in [1.82, 2.24) is 9.78 Å². The number of aromatic nitrogens is 2. The summed E-state index contributed by atoms with van der Waals surface area (Å²) in [5, 5.41) is 17.6. The SMILES string of the molecule is Cc1nn(C)c(C)c1NC1CC(O)C1(C)C. The van der Waals surface area contributed by atoms with E-state index in [0.717, 1.165) is 23.5 Å². The summed E-state index contributed by atoms with van der Waals surface area (Å²) in [7, 11) is 1.95. The van der Waals surface area contributed by atoms with Crippen molar-refractivity contribution in [2.75, 3.05) is 5.32 Å². The Kier molecular flexibility index (Phi) is 2.49. The molecule has 0 bridgehead atoms. The molecule has 1 aliphatic rings. The Labute approximate surface area is 96.7 Å². The maximum atomic E-state index is 9.71. The van der Waals surface area contributed by atoms with Crippen molar-refractivity contribution in [1.29, 1.82) is 0 Å². The molecule has 4 nitrogen and oxygen atoms in total. The number of hydrogen-bond acceptors (Lipinski definition) is 3. The van der Waals surface area contributed by atoms with Crippen LogP contribution >= 0.6 is 0 Å². The van der Waals surface area contributed by atoms with Crippen molar-refractivity contribution in [3.63, 3.8) is 0 Å². The zero-order valence-electron chi connectivity index (χ0n) is 10.7. The number of aryl methyl sites for hydroxylation is 2. The highest BCUT2D eigenvalue weighted by Crippen LogP contribution is 2.42. The molecule has 1 aromatic rings. The first-order valence-corrected chi connectivity index (χ1v) is 5.79. The van der Waals surface area contributed by atoms with E-state index in [9.17, 15) is 5.11 Å². The maximum absolute atomic E-state index is 9.71. The number of nitrogens with zero attached hydrogens (tertiary/aromatic N) is 2. The summed E-state index contributed by atoms with van der Waals surface area (Å²) in [5.41, 5.74) is 3.24. The number of nitrogens with one attached hydrogen (secondary N) is 1. The fourth-order valence-electron chi connectivity index (χ4n) is 2.30. The first-order valence-electron chi connectivity index (χ1n) is 5.79. The fraction of sp³-hybridized carbons (Fsp3) is 0.750. The topological polar surface area (TPSA) is 50.1 Å². The molecule has 2 rings (SSSR count). The lowest BCUT2D eigenvalue weighted by Gasteiger charge is -2.49. The normalized spacial score (nSPS) is 27.6.